The summed E-state index contributed by atoms with van der Waals surface area (Å²) < 4.78 is 0. The summed E-state index contributed by atoms with van der Waals surface area (Å²) in [5.74, 6) is 3.08. The summed E-state index contributed by atoms with van der Waals surface area (Å²) in [5.41, 5.74) is 1.46. The monoisotopic (exact) mass is 203 g/mol. The van der Waals surface area contributed by atoms with E-state index in [1.54, 1.807) is 5.92 Å². The van der Waals surface area contributed by atoms with Crippen molar-refractivity contribution in [3.63, 3.8) is 0 Å². The predicted octanol–water partition coefficient (Wildman–Crippen LogP) is 4.51. The van der Waals surface area contributed by atoms with Gasteiger partial charge in [0.05, 0.1) is 0 Å². The molecule has 0 aliphatic carbocycles. The highest BCUT2D eigenvalue weighted by molar-refractivity contribution is 5.16. The zero-order valence-corrected chi connectivity index (χ0v) is 10.5. The lowest BCUT2D eigenvalue weighted by atomic mass is 9.79. The molecule has 83 valence electrons. The third-order valence-electron chi connectivity index (χ3n) is 3.37. The Balaban J connectivity index is 2.67. The molecule has 1 aromatic carbocycles. The molecule has 0 nitrogen and oxygen atoms in total. The van der Waals surface area contributed by atoms with Gasteiger partial charge in [0.1, 0.15) is 0 Å². The summed E-state index contributed by atoms with van der Waals surface area (Å²) in [6, 6.07) is 10.8. The molecule has 1 rings (SSSR count). The minimum Gasteiger partial charge on any atom is -0.0651 e. The van der Waals surface area contributed by atoms with Crippen molar-refractivity contribution in [1.82, 2.24) is 0 Å². The molecule has 0 aliphatic rings. The summed E-state index contributed by atoms with van der Waals surface area (Å²) in [5, 5.41) is 0. The van der Waals surface area contributed by atoms with Gasteiger partial charge >= 0.3 is 0 Å². The van der Waals surface area contributed by atoms with Gasteiger partial charge in [-0.05, 0) is 29.7 Å². The highest BCUT2D eigenvalue weighted by Gasteiger charge is 2.19. The van der Waals surface area contributed by atoms with E-state index in [2.05, 4.69) is 58.0 Å². The molecule has 0 aromatic heterocycles. The normalized spacial score (nSPS) is 15.3. The van der Waals surface area contributed by atoms with Crippen LogP contribution in [0.25, 0.3) is 0 Å². The maximum Gasteiger partial charge on any atom is -0.0243 e. The SMILES string of the molecule is CCC(C)C(Cc1ccccc1)[C](C)C. The van der Waals surface area contributed by atoms with Gasteiger partial charge in [-0.1, -0.05) is 64.4 Å². The van der Waals surface area contributed by atoms with E-state index >= 15 is 0 Å². The van der Waals surface area contributed by atoms with Crippen LogP contribution in [0.1, 0.15) is 39.7 Å². The van der Waals surface area contributed by atoms with Gasteiger partial charge in [-0.25, -0.2) is 0 Å². The molecule has 0 N–H and O–H groups in total. The van der Waals surface area contributed by atoms with Gasteiger partial charge in [0.2, 0.25) is 0 Å². The molecule has 0 amide bonds. The van der Waals surface area contributed by atoms with Crippen molar-refractivity contribution in [1.29, 1.82) is 0 Å². The van der Waals surface area contributed by atoms with Crippen LogP contribution in [-0.4, -0.2) is 0 Å². The van der Waals surface area contributed by atoms with Crippen molar-refractivity contribution in [3.05, 3.63) is 41.8 Å². The number of benzene rings is 1. The molecule has 0 heterocycles. The molecule has 1 aromatic rings. The lowest BCUT2D eigenvalue weighted by molar-refractivity contribution is 0.361. The van der Waals surface area contributed by atoms with Crippen molar-refractivity contribution < 1.29 is 0 Å². The average molecular weight is 203 g/mol. The topological polar surface area (TPSA) is 0 Å². The fourth-order valence-electron chi connectivity index (χ4n) is 2.13. The summed E-state index contributed by atoms with van der Waals surface area (Å²) >= 11 is 0. The summed E-state index contributed by atoms with van der Waals surface area (Å²) in [6.07, 6.45) is 2.46. The molecule has 0 fully saturated rings. The van der Waals surface area contributed by atoms with E-state index in [1.807, 2.05) is 0 Å². The van der Waals surface area contributed by atoms with Gasteiger partial charge in [0.15, 0.2) is 0 Å². The van der Waals surface area contributed by atoms with Gasteiger partial charge in [0.25, 0.3) is 0 Å². The van der Waals surface area contributed by atoms with Gasteiger partial charge < -0.3 is 0 Å². The van der Waals surface area contributed by atoms with Crippen molar-refractivity contribution >= 4 is 0 Å². The van der Waals surface area contributed by atoms with E-state index in [4.69, 9.17) is 0 Å². The van der Waals surface area contributed by atoms with Crippen molar-refractivity contribution in [2.45, 2.75) is 40.5 Å². The van der Waals surface area contributed by atoms with Gasteiger partial charge in [-0.2, -0.15) is 0 Å². The van der Waals surface area contributed by atoms with Crippen molar-refractivity contribution in [2.75, 3.05) is 0 Å². The second kappa shape index (κ2) is 5.95. The maximum atomic E-state index is 2.36. The maximum absolute atomic E-state index is 2.36. The average Bonchev–Trinajstić information content (AvgIpc) is 2.26. The standard InChI is InChI=1S/C15H23/c1-5-13(4)15(12(2)3)11-14-9-7-6-8-10-14/h6-10,13,15H,5,11H2,1-4H3. The minimum absolute atomic E-state index is 0.734. The minimum atomic E-state index is 0.734. The van der Waals surface area contributed by atoms with E-state index in [9.17, 15) is 0 Å². The summed E-state index contributed by atoms with van der Waals surface area (Å²) in [6.45, 7) is 9.17. The summed E-state index contributed by atoms with van der Waals surface area (Å²) in [7, 11) is 0. The third kappa shape index (κ3) is 3.70. The third-order valence-corrected chi connectivity index (χ3v) is 3.37. The Hall–Kier alpha value is -0.780. The molecule has 0 heteroatoms. The van der Waals surface area contributed by atoms with Gasteiger partial charge in [-0.3, -0.25) is 0 Å². The van der Waals surface area contributed by atoms with Crippen LogP contribution in [-0.2, 0) is 6.42 Å². The molecule has 0 spiro atoms. The second-order valence-corrected chi connectivity index (χ2v) is 4.76. The molecule has 2 atom stereocenters. The van der Waals surface area contributed by atoms with Crippen LogP contribution in [0.2, 0.25) is 0 Å². The molecule has 0 saturated heterocycles. The van der Waals surface area contributed by atoms with Crippen LogP contribution >= 0.6 is 0 Å². The molecule has 0 bridgehead atoms. The fraction of sp³-hybridized carbons (Fsp3) is 0.533. The van der Waals surface area contributed by atoms with E-state index in [1.165, 1.54) is 18.4 Å². The Morgan fingerprint density at radius 2 is 1.73 bits per heavy atom. The van der Waals surface area contributed by atoms with Gasteiger partial charge in [-0.15, -0.1) is 0 Å². The van der Waals surface area contributed by atoms with E-state index in [0.717, 1.165) is 11.8 Å². The Labute approximate surface area is 94.7 Å². The predicted molar refractivity (Wildman–Crippen MR) is 67.7 cm³/mol. The Bertz CT molecular complexity index is 261. The highest BCUT2D eigenvalue weighted by Crippen LogP contribution is 2.28. The first-order valence-electron chi connectivity index (χ1n) is 5.99. The number of hydrogen-bond donors (Lipinski definition) is 0. The first-order valence-corrected chi connectivity index (χ1v) is 5.99. The first-order chi connectivity index (χ1) is 7.15. The van der Waals surface area contributed by atoms with Crippen LogP contribution in [0.5, 0.6) is 0 Å². The molecule has 1 radical (unpaired) electrons. The lowest BCUT2D eigenvalue weighted by Gasteiger charge is -2.26. The number of hydrogen-bond acceptors (Lipinski definition) is 0. The number of rotatable bonds is 5. The smallest absolute Gasteiger partial charge is 0.0243 e. The van der Waals surface area contributed by atoms with E-state index in [0.29, 0.717) is 0 Å². The van der Waals surface area contributed by atoms with Crippen molar-refractivity contribution in [3.8, 4) is 0 Å². The largest absolute Gasteiger partial charge is 0.0651 e. The quantitative estimate of drug-likeness (QED) is 0.660. The van der Waals surface area contributed by atoms with Crippen molar-refractivity contribution in [2.24, 2.45) is 11.8 Å². The Kier molecular flexibility index (Phi) is 4.87. The summed E-state index contributed by atoms with van der Waals surface area (Å²) in [4.78, 5) is 0. The van der Waals surface area contributed by atoms with Crippen LogP contribution in [0.3, 0.4) is 0 Å². The molecule has 15 heavy (non-hydrogen) atoms. The molecule has 0 aliphatic heterocycles. The molecular formula is C15H23. The highest BCUT2D eigenvalue weighted by atomic mass is 14.2. The fourth-order valence-corrected chi connectivity index (χ4v) is 2.13. The lowest BCUT2D eigenvalue weighted by Crippen LogP contribution is -2.18. The first kappa shape index (κ1) is 12.3. The Morgan fingerprint density at radius 3 is 2.20 bits per heavy atom. The zero-order chi connectivity index (χ0) is 11.3. The molecular weight excluding hydrogens is 180 g/mol. The van der Waals surface area contributed by atoms with Crippen LogP contribution in [0.15, 0.2) is 30.3 Å². The van der Waals surface area contributed by atoms with E-state index in [-0.39, 0.29) is 0 Å². The molecule has 0 saturated carbocycles. The van der Waals surface area contributed by atoms with E-state index < -0.39 is 0 Å². The van der Waals surface area contributed by atoms with Crippen LogP contribution < -0.4 is 0 Å². The van der Waals surface area contributed by atoms with Crippen LogP contribution in [0, 0.1) is 17.8 Å². The Morgan fingerprint density at radius 1 is 1.13 bits per heavy atom. The van der Waals surface area contributed by atoms with Gasteiger partial charge in [0, 0.05) is 0 Å². The molecule has 2 unspecified atom stereocenters. The zero-order valence-electron chi connectivity index (χ0n) is 10.5. The second-order valence-electron chi connectivity index (χ2n) is 4.76. The van der Waals surface area contributed by atoms with Crippen LogP contribution in [0.4, 0.5) is 0 Å².